The van der Waals surface area contributed by atoms with Crippen LogP contribution >= 0.6 is 0 Å². The van der Waals surface area contributed by atoms with Gasteiger partial charge in [0.1, 0.15) is 11.4 Å². The smallest absolute Gasteiger partial charge is 0.143 e. The standard InChI is InChI=1S/C38H22N2O/c1-2-6-26-20-31(17-11-23(26)5-1)37-38(40-41-39-37)32-18-15-27-19-29(16-14-28(27)21-32)34-22-30-9-3-7-24-12-13-25-8-4-10-33(34)36(25)35(24)30/h1-22H. The number of aromatic nitrogens is 2. The topological polar surface area (TPSA) is 38.9 Å². The lowest BCUT2D eigenvalue weighted by Crippen LogP contribution is -1.88. The maximum atomic E-state index is 5.25. The van der Waals surface area contributed by atoms with Crippen LogP contribution in [-0.4, -0.2) is 10.3 Å². The van der Waals surface area contributed by atoms with Crippen molar-refractivity contribution in [2.75, 3.05) is 0 Å². The first-order valence-electron chi connectivity index (χ1n) is 13.8. The fraction of sp³-hybridized carbons (Fsp3) is 0. The third-order valence-corrected chi connectivity index (χ3v) is 8.44. The molecule has 0 saturated carbocycles. The Balaban J connectivity index is 1.17. The van der Waals surface area contributed by atoms with Gasteiger partial charge < -0.3 is 0 Å². The highest BCUT2D eigenvalue weighted by Crippen LogP contribution is 2.41. The van der Waals surface area contributed by atoms with Crippen LogP contribution < -0.4 is 0 Å². The molecule has 190 valence electrons. The van der Waals surface area contributed by atoms with E-state index in [4.69, 9.17) is 4.63 Å². The molecular formula is C38H22N2O. The minimum Gasteiger partial charge on any atom is -0.243 e. The SMILES string of the molecule is c1ccc2cc(-c3nonc3-c3ccc4cc(-c5cc6cccc7ccc8cccc5c8c76)ccc4c3)ccc2c1. The summed E-state index contributed by atoms with van der Waals surface area (Å²) in [6, 6.07) is 47.9. The molecule has 0 aliphatic heterocycles. The molecule has 1 heterocycles. The molecule has 0 N–H and O–H groups in total. The van der Waals surface area contributed by atoms with Crippen molar-refractivity contribution in [3.63, 3.8) is 0 Å². The molecule has 0 aliphatic rings. The summed E-state index contributed by atoms with van der Waals surface area (Å²) >= 11 is 0. The lowest BCUT2D eigenvalue weighted by molar-refractivity contribution is 0.310. The quantitative estimate of drug-likeness (QED) is 0.217. The van der Waals surface area contributed by atoms with Crippen molar-refractivity contribution in [1.82, 2.24) is 10.3 Å². The first kappa shape index (κ1) is 22.3. The predicted molar refractivity (Wildman–Crippen MR) is 169 cm³/mol. The molecule has 9 aromatic rings. The van der Waals surface area contributed by atoms with E-state index in [0.29, 0.717) is 0 Å². The molecule has 3 nitrogen and oxygen atoms in total. The van der Waals surface area contributed by atoms with Gasteiger partial charge in [-0.25, -0.2) is 4.63 Å². The van der Waals surface area contributed by atoms with Crippen LogP contribution in [0.2, 0.25) is 0 Å². The van der Waals surface area contributed by atoms with Gasteiger partial charge in [0.15, 0.2) is 0 Å². The molecule has 0 atom stereocenters. The van der Waals surface area contributed by atoms with Crippen LogP contribution in [0.25, 0.3) is 87.5 Å². The minimum absolute atomic E-state index is 0.748. The molecule has 0 saturated heterocycles. The second-order valence-corrected chi connectivity index (χ2v) is 10.8. The predicted octanol–water partition coefficient (Wildman–Crippen LogP) is 10.3. The number of hydrogen-bond donors (Lipinski definition) is 0. The molecule has 0 amide bonds. The van der Waals surface area contributed by atoms with Gasteiger partial charge in [0, 0.05) is 11.1 Å². The van der Waals surface area contributed by atoms with Crippen LogP contribution in [0.1, 0.15) is 0 Å². The van der Waals surface area contributed by atoms with Crippen molar-refractivity contribution in [3.8, 4) is 33.6 Å². The first-order valence-corrected chi connectivity index (χ1v) is 13.8. The van der Waals surface area contributed by atoms with Gasteiger partial charge in [-0.1, -0.05) is 109 Å². The number of benzene rings is 8. The van der Waals surface area contributed by atoms with Crippen molar-refractivity contribution in [2.24, 2.45) is 0 Å². The summed E-state index contributed by atoms with van der Waals surface area (Å²) in [5, 5.41) is 21.1. The van der Waals surface area contributed by atoms with E-state index in [0.717, 1.165) is 33.3 Å². The molecule has 3 heteroatoms. The van der Waals surface area contributed by atoms with E-state index in [9.17, 15) is 0 Å². The number of nitrogens with zero attached hydrogens (tertiary/aromatic N) is 2. The molecule has 0 spiro atoms. The molecule has 41 heavy (non-hydrogen) atoms. The van der Waals surface area contributed by atoms with Gasteiger partial charge in [0.05, 0.1) is 0 Å². The van der Waals surface area contributed by atoms with Crippen LogP contribution in [0.3, 0.4) is 0 Å². The average Bonchev–Trinajstić information content (AvgIpc) is 3.53. The van der Waals surface area contributed by atoms with Crippen molar-refractivity contribution in [2.45, 2.75) is 0 Å². The molecule has 0 fully saturated rings. The van der Waals surface area contributed by atoms with Gasteiger partial charge in [0.2, 0.25) is 0 Å². The Hall–Kier alpha value is -5.54. The van der Waals surface area contributed by atoms with Gasteiger partial charge in [-0.2, -0.15) is 0 Å². The summed E-state index contributed by atoms with van der Waals surface area (Å²) in [6.07, 6.45) is 0. The summed E-state index contributed by atoms with van der Waals surface area (Å²) < 4.78 is 5.25. The van der Waals surface area contributed by atoms with Gasteiger partial charge in [0.25, 0.3) is 0 Å². The summed E-state index contributed by atoms with van der Waals surface area (Å²) in [5.41, 5.74) is 5.94. The largest absolute Gasteiger partial charge is 0.243 e. The Morgan fingerprint density at radius 2 is 0.878 bits per heavy atom. The number of hydrogen-bond acceptors (Lipinski definition) is 3. The van der Waals surface area contributed by atoms with Crippen LogP contribution in [0.4, 0.5) is 0 Å². The molecule has 0 bridgehead atoms. The van der Waals surface area contributed by atoms with Crippen molar-refractivity contribution < 1.29 is 4.63 Å². The second-order valence-electron chi connectivity index (χ2n) is 10.8. The first-order chi connectivity index (χ1) is 20.3. The monoisotopic (exact) mass is 522 g/mol. The summed E-state index contributed by atoms with van der Waals surface area (Å²) in [7, 11) is 0. The Bertz CT molecular complexity index is 2440. The number of fused-ring (bicyclic) bond motifs is 2. The normalized spacial score (nSPS) is 11.9. The summed E-state index contributed by atoms with van der Waals surface area (Å²) in [5.74, 6) is 0. The van der Waals surface area contributed by atoms with Crippen molar-refractivity contribution in [3.05, 3.63) is 133 Å². The zero-order valence-electron chi connectivity index (χ0n) is 22.0. The van der Waals surface area contributed by atoms with E-state index in [1.165, 1.54) is 54.2 Å². The van der Waals surface area contributed by atoms with Crippen LogP contribution in [0.15, 0.2) is 138 Å². The fourth-order valence-electron chi connectivity index (χ4n) is 6.47. The van der Waals surface area contributed by atoms with Crippen LogP contribution in [0.5, 0.6) is 0 Å². The van der Waals surface area contributed by atoms with Crippen molar-refractivity contribution >= 4 is 53.9 Å². The number of rotatable bonds is 3. The van der Waals surface area contributed by atoms with Gasteiger partial charge in [-0.3, -0.25) is 0 Å². The fourth-order valence-corrected chi connectivity index (χ4v) is 6.47. The summed E-state index contributed by atoms with van der Waals surface area (Å²) in [4.78, 5) is 0. The minimum atomic E-state index is 0.748. The highest BCUT2D eigenvalue weighted by molar-refractivity contribution is 6.26. The lowest BCUT2D eigenvalue weighted by atomic mass is 9.88. The van der Waals surface area contributed by atoms with E-state index < -0.39 is 0 Å². The molecule has 9 rings (SSSR count). The Labute approximate surface area is 235 Å². The molecule has 1 aromatic heterocycles. The highest BCUT2D eigenvalue weighted by Gasteiger charge is 2.17. The lowest BCUT2D eigenvalue weighted by Gasteiger charge is -2.15. The Morgan fingerprint density at radius 1 is 0.366 bits per heavy atom. The van der Waals surface area contributed by atoms with Gasteiger partial charge in [-0.15, -0.1) is 0 Å². The average molecular weight is 523 g/mol. The van der Waals surface area contributed by atoms with E-state index in [-0.39, 0.29) is 0 Å². The Morgan fingerprint density at radius 3 is 1.63 bits per heavy atom. The molecule has 8 aromatic carbocycles. The van der Waals surface area contributed by atoms with E-state index in [1.54, 1.807) is 0 Å². The third-order valence-electron chi connectivity index (χ3n) is 8.44. The van der Waals surface area contributed by atoms with Crippen LogP contribution in [0, 0.1) is 0 Å². The third kappa shape index (κ3) is 3.39. The summed E-state index contributed by atoms with van der Waals surface area (Å²) in [6.45, 7) is 0. The zero-order chi connectivity index (χ0) is 26.9. The van der Waals surface area contributed by atoms with Crippen molar-refractivity contribution in [1.29, 1.82) is 0 Å². The van der Waals surface area contributed by atoms with E-state index in [2.05, 4.69) is 144 Å². The maximum Gasteiger partial charge on any atom is 0.143 e. The molecule has 0 radical (unpaired) electrons. The molecule has 0 aliphatic carbocycles. The van der Waals surface area contributed by atoms with Gasteiger partial charge >= 0.3 is 0 Å². The molecule has 0 unspecified atom stereocenters. The maximum absolute atomic E-state index is 5.25. The molecular weight excluding hydrogens is 500 g/mol. The second kappa shape index (κ2) is 8.48. The zero-order valence-corrected chi connectivity index (χ0v) is 22.0. The van der Waals surface area contributed by atoms with Gasteiger partial charge in [-0.05, 0) is 99.6 Å². The highest BCUT2D eigenvalue weighted by atomic mass is 16.6. The van der Waals surface area contributed by atoms with E-state index in [1.807, 2.05) is 0 Å². The van der Waals surface area contributed by atoms with E-state index >= 15 is 0 Å². The van der Waals surface area contributed by atoms with Crippen LogP contribution in [-0.2, 0) is 0 Å². The Kier molecular flexibility index (Phi) is 4.61.